The van der Waals surface area contributed by atoms with Crippen molar-refractivity contribution in [3.8, 4) is 0 Å². The topological polar surface area (TPSA) is 84.5 Å². The van der Waals surface area contributed by atoms with Crippen LogP contribution in [-0.2, 0) is 27.7 Å². The third-order valence-corrected chi connectivity index (χ3v) is 6.02. The molecule has 2 heterocycles. The summed E-state index contributed by atoms with van der Waals surface area (Å²) in [5.74, 6) is -0.453. The van der Waals surface area contributed by atoms with Crippen LogP contribution in [0.15, 0.2) is 0 Å². The number of esters is 1. The van der Waals surface area contributed by atoms with Crippen LogP contribution in [0.2, 0.25) is 0 Å². The number of sulfonamides is 1. The molecule has 0 aliphatic carbocycles. The molecule has 118 valence electrons. The van der Waals surface area contributed by atoms with E-state index in [4.69, 9.17) is 4.74 Å². The van der Waals surface area contributed by atoms with Crippen molar-refractivity contribution in [3.63, 3.8) is 0 Å². The lowest BCUT2D eigenvalue weighted by Crippen LogP contribution is -2.24. The second-order valence-corrected chi connectivity index (χ2v) is 8.28. The van der Waals surface area contributed by atoms with Gasteiger partial charge in [-0.15, -0.1) is 11.3 Å². The number of nitrogens with one attached hydrogen (secondary N) is 2. The second kappa shape index (κ2) is 6.33. The Labute approximate surface area is 128 Å². The number of thiophene rings is 1. The smallest absolute Gasteiger partial charge is 0.341 e. The van der Waals surface area contributed by atoms with E-state index in [-0.39, 0.29) is 11.7 Å². The van der Waals surface area contributed by atoms with Gasteiger partial charge in [0.15, 0.2) is 0 Å². The summed E-state index contributed by atoms with van der Waals surface area (Å²) in [5.41, 5.74) is 1.26. The molecule has 0 unspecified atom stereocenters. The van der Waals surface area contributed by atoms with Crippen molar-refractivity contribution < 1.29 is 17.9 Å². The molecule has 0 atom stereocenters. The predicted molar refractivity (Wildman–Crippen MR) is 83.3 cm³/mol. The molecule has 0 radical (unpaired) electrons. The van der Waals surface area contributed by atoms with Crippen molar-refractivity contribution >= 4 is 32.3 Å². The second-order valence-electron chi connectivity index (χ2n) is 5.40. The van der Waals surface area contributed by atoms with Crippen molar-refractivity contribution in [2.75, 3.05) is 24.1 Å². The van der Waals surface area contributed by atoms with Crippen LogP contribution in [0.3, 0.4) is 0 Å². The summed E-state index contributed by atoms with van der Waals surface area (Å²) in [6, 6.07) is 0. The zero-order valence-corrected chi connectivity index (χ0v) is 14.0. The lowest BCUT2D eigenvalue weighted by molar-refractivity contribution is 0.0601. The van der Waals surface area contributed by atoms with Gasteiger partial charge in [0.2, 0.25) is 10.0 Å². The van der Waals surface area contributed by atoms with E-state index < -0.39 is 16.0 Å². The van der Waals surface area contributed by atoms with Crippen molar-refractivity contribution in [2.24, 2.45) is 5.92 Å². The predicted octanol–water partition coefficient (Wildman–Crippen LogP) is 1.58. The summed E-state index contributed by atoms with van der Waals surface area (Å²) in [5, 5.41) is 3.59. The summed E-state index contributed by atoms with van der Waals surface area (Å²) >= 11 is 1.31. The molecule has 0 fully saturated rings. The summed E-state index contributed by atoms with van der Waals surface area (Å²) in [6.45, 7) is 5.09. The van der Waals surface area contributed by atoms with Gasteiger partial charge in [0.25, 0.3) is 0 Å². The standard InChI is InChI=1S/C13H20N2O4S2/c1-8(2)7-21(17,18)15-12-11(13(16)19-3)9-4-5-14-6-10(9)20-12/h8,14-15H,4-7H2,1-3H3. The fourth-order valence-corrected chi connectivity index (χ4v) is 5.30. The number of hydrogen-bond donors (Lipinski definition) is 2. The van der Waals surface area contributed by atoms with Crippen LogP contribution in [0, 0.1) is 5.92 Å². The zero-order chi connectivity index (χ0) is 15.6. The van der Waals surface area contributed by atoms with Crippen LogP contribution in [0.25, 0.3) is 0 Å². The van der Waals surface area contributed by atoms with Crippen LogP contribution < -0.4 is 10.0 Å². The van der Waals surface area contributed by atoms with Gasteiger partial charge in [0.05, 0.1) is 18.4 Å². The minimum absolute atomic E-state index is 0.0142. The molecule has 8 heteroatoms. The Hall–Kier alpha value is -1.12. The quantitative estimate of drug-likeness (QED) is 0.800. The van der Waals surface area contributed by atoms with Crippen LogP contribution in [-0.4, -0.2) is 33.8 Å². The van der Waals surface area contributed by atoms with Gasteiger partial charge in [-0.25, -0.2) is 13.2 Å². The number of carbonyl (C=O) groups excluding carboxylic acids is 1. The van der Waals surface area contributed by atoms with Crippen LogP contribution in [0.1, 0.15) is 34.6 Å². The minimum Gasteiger partial charge on any atom is -0.465 e. The largest absolute Gasteiger partial charge is 0.465 e. The Morgan fingerprint density at radius 3 is 2.81 bits per heavy atom. The molecule has 0 aromatic carbocycles. The number of methoxy groups -OCH3 is 1. The molecule has 0 spiro atoms. The van der Waals surface area contributed by atoms with Crippen LogP contribution in [0.4, 0.5) is 5.00 Å². The van der Waals surface area contributed by atoms with Gasteiger partial charge in [0, 0.05) is 11.4 Å². The highest BCUT2D eigenvalue weighted by Crippen LogP contribution is 2.36. The Balaban J connectivity index is 2.39. The highest BCUT2D eigenvalue weighted by molar-refractivity contribution is 7.92. The summed E-state index contributed by atoms with van der Waals surface area (Å²) < 4.78 is 31.6. The first kappa shape index (κ1) is 16.3. The molecular weight excluding hydrogens is 312 g/mol. The molecule has 1 aromatic rings. The van der Waals surface area contributed by atoms with E-state index in [1.807, 2.05) is 13.8 Å². The maximum Gasteiger partial charge on any atom is 0.341 e. The molecule has 6 nitrogen and oxygen atoms in total. The van der Waals surface area contributed by atoms with Crippen molar-refractivity contribution in [3.05, 3.63) is 16.0 Å². The van der Waals surface area contributed by atoms with E-state index in [1.165, 1.54) is 18.4 Å². The van der Waals surface area contributed by atoms with Gasteiger partial charge in [-0.1, -0.05) is 13.8 Å². The van der Waals surface area contributed by atoms with Gasteiger partial charge in [-0.3, -0.25) is 4.72 Å². The zero-order valence-electron chi connectivity index (χ0n) is 12.4. The number of carbonyl (C=O) groups is 1. The summed E-state index contributed by atoms with van der Waals surface area (Å²) in [7, 11) is -2.16. The van der Waals surface area contributed by atoms with E-state index in [1.54, 1.807) is 0 Å². The van der Waals surface area contributed by atoms with Gasteiger partial charge < -0.3 is 10.1 Å². The molecule has 1 aliphatic heterocycles. The summed E-state index contributed by atoms with van der Waals surface area (Å²) in [4.78, 5) is 13.0. The fourth-order valence-electron chi connectivity index (χ4n) is 2.35. The Morgan fingerprint density at radius 1 is 1.48 bits per heavy atom. The minimum atomic E-state index is -3.47. The fraction of sp³-hybridized carbons (Fsp3) is 0.615. The first-order valence-electron chi connectivity index (χ1n) is 6.78. The number of ether oxygens (including phenoxy) is 1. The Kier molecular flexibility index (Phi) is 4.90. The molecule has 0 saturated carbocycles. The first-order valence-corrected chi connectivity index (χ1v) is 9.25. The first-order chi connectivity index (χ1) is 9.84. The van der Waals surface area contributed by atoms with Crippen LogP contribution >= 0.6 is 11.3 Å². The van der Waals surface area contributed by atoms with Crippen LogP contribution in [0.5, 0.6) is 0 Å². The molecule has 2 rings (SSSR count). The third kappa shape index (κ3) is 3.75. The average Bonchev–Trinajstić information content (AvgIpc) is 2.73. The number of fused-ring (bicyclic) bond motifs is 1. The highest BCUT2D eigenvalue weighted by atomic mass is 32.2. The number of anilines is 1. The van der Waals surface area contributed by atoms with E-state index >= 15 is 0 Å². The Morgan fingerprint density at radius 2 is 2.19 bits per heavy atom. The van der Waals surface area contributed by atoms with Crippen molar-refractivity contribution in [1.29, 1.82) is 0 Å². The average molecular weight is 332 g/mol. The summed E-state index contributed by atoms with van der Waals surface area (Å²) in [6.07, 6.45) is 0.697. The maximum absolute atomic E-state index is 12.1. The molecule has 1 aliphatic rings. The van der Waals surface area contributed by atoms with E-state index in [0.29, 0.717) is 23.5 Å². The Bertz CT molecular complexity index is 635. The van der Waals surface area contributed by atoms with E-state index in [0.717, 1.165) is 17.0 Å². The lowest BCUT2D eigenvalue weighted by Gasteiger charge is -2.13. The lowest BCUT2D eigenvalue weighted by atomic mass is 10.0. The van der Waals surface area contributed by atoms with Gasteiger partial charge in [-0.2, -0.15) is 0 Å². The molecule has 2 N–H and O–H groups in total. The van der Waals surface area contributed by atoms with Gasteiger partial charge in [0.1, 0.15) is 5.00 Å². The molecule has 1 aromatic heterocycles. The van der Waals surface area contributed by atoms with Gasteiger partial charge >= 0.3 is 5.97 Å². The maximum atomic E-state index is 12.1. The molecule has 0 bridgehead atoms. The monoisotopic (exact) mass is 332 g/mol. The normalized spacial score (nSPS) is 14.9. The molecular formula is C13H20N2O4S2. The van der Waals surface area contributed by atoms with Gasteiger partial charge in [-0.05, 0) is 24.4 Å². The number of hydrogen-bond acceptors (Lipinski definition) is 6. The molecule has 21 heavy (non-hydrogen) atoms. The SMILES string of the molecule is COC(=O)c1c(NS(=O)(=O)CC(C)C)sc2c1CCNC2. The third-order valence-electron chi connectivity index (χ3n) is 3.12. The molecule has 0 saturated heterocycles. The van der Waals surface area contributed by atoms with E-state index in [2.05, 4.69) is 10.0 Å². The highest BCUT2D eigenvalue weighted by Gasteiger charge is 2.28. The van der Waals surface area contributed by atoms with E-state index in [9.17, 15) is 13.2 Å². The molecule has 0 amide bonds. The van der Waals surface area contributed by atoms with Crippen molar-refractivity contribution in [2.45, 2.75) is 26.8 Å². The number of rotatable bonds is 5. The van der Waals surface area contributed by atoms with Crippen molar-refractivity contribution in [1.82, 2.24) is 5.32 Å².